The Balaban J connectivity index is 1.95. The van der Waals surface area contributed by atoms with E-state index in [2.05, 4.69) is 76.8 Å². The fourth-order valence-corrected chi connectivity index (χ4v) is 6.34. The molecule has 0 heterocycles. The number of hydrogen-bond acceptors (Lipinski definition) is 1. The summed E-state index contributed by atoms with van der Waals surface area (Å²) in [5.41, 5.74) is 1.50. The van der Waals surface area contributed by atoms with Gasteiger partial charge in [0.2, 0.25) is 0 Å². The molecule has 2 fully saturated rings. The molecule has 28 heavy (non-hydrogen) atoms. The summed E-state index contributed by atoms with van der Waals surface area (Å²) in [4.78, 5) is 3.02. The van der Waals surface area contributed by atoms with Crippen LogP contribution in [0.15, 0.2) is 30.3 Å². The van der Waals surface area contributed by atoms with Crippen LogP contribution in [0.2, 0.25) is 0 Å². The number of hydrogen-bond donors (Lipinski definition) is 0. The Labute approximate surface area is 175 Å². The maximum atomic E-state index is 3.02. The van der Waals surface area contributed by atoms with Gasteiger partial charge in [0.1, 0.15) is 0 Å². The highest BCUT2D eigenvalue weighted by atomic mass is 15.2. The molecule has 2 aliphatic rings. The molecular weight excluding hydrogens is 338 g/mol. The summed E-state index contributed by atoms with van der Waals surface area (Å²) in [6.45, 7) is 16.0. The second-order valence-electron chi connectivity index (χ2n) is 10.9. The van der Waals surface area contributed by atoms with Crippen molar-refractivity contribution in [3.63, 3.8) is 0 Å². The molecule has 0 saturated heterocycles. The first-order valence-electron chi connectivity index (χ1n) is 12.2. The molecule has 0 spiro atoms. The van der Waals surface area contributed by atoms with Crippen LogP contribution in [0.3, 0.4) is 0 Å². The van der Waals surface area contributed by atoms with Crippen molar-refractivity contribution in [2.45, 2.75) is 98.7 Å². The van der Waals surface area contributed by atoms with Gasteiger partial charge in [0.15, 0.2) is 0 Å². The summed E-state index contributed by atoms with van der Waals surface area (Å²) in [5, 5.41) is 0. The Morgan fingerprint density at radius 2 is 1.21 bits per heavy atom. The van der Waals surface area contributed by atoms with Crippen molar-refractivity contribution < 1.29 is 0 Å². The summed E-state index contributed by atoms with van der Waals surface area (Å²) in [5.74, 6) is 5.02. The van der Waals surface area contributed by atoms with Gasteiger partial charge in [-0.3, -0.25) is 4.90 Å². The first-order valence-corrected chi connectivity index (χ1v) is 12.2. The van der Waals surface area contributed by atoms with Gasteiger partial charge in [-0.2, -0.15) is 0 Å². The second kappa shape index (κ2) is 9.79. The lowest BCUT2D eigenvalue weighted by atomic mass is 9.69. The highest BCUT2D eigenvalue weighted by Crippen LogP contribution is 2.43. The average Bonchev–Trinajstić information content (AvgIpc) is 2.66. The first kappa shape index (κ1) is 21.9. The molecule has 0 amide bonds. The molecule has 1 nitrogen and oxygen atoms in total. The summed E-state index contributed by atoms with van der Waals surface area (Å²) in [6.07, 6.45) is 8.48. The van der Waals surface area contributed by atoms with E-state index >= 15 is 0 Å². The van der Waals surface area contributed by atoms with E-state index in [1.54, 1.807) is 0 Å². The maximum absolute atomic E-state index is 3.02. The van der Waals surface area contributed by atoms with Crippen LogP contribution in [0.25, 0.3) is 0 Å². The zero-order chi connectivity index (χ0) is 20.3. The van der Waals surface area contributed by atoms with Gasteiger partial charge < -0.3 is 0 Å². The molecule has 1 aromatic carbocycles. The quantitative estimate of drug-likeness (QED) is 0.494. The van der Waals surface area contributed by atoms with Crippen LogP contribution in [-0.2, 0) is 6.54 Å². The van der Waals surface area contributed by atoms with Gasteiger partial charge in [0.05, 0.1) is 0 Å². The topological polar surface area (TPSA) is 3.24 Å². The van der Waals surface area contributed by atoms with Crippen LogP contribution in [0.1, 0.15) is 85.6 Å². The molecule has 0 bridgehead atoms. The zero-order valence-electron chi connectivity index (χ0n) is 19.4. The van der Waals surface area contributed by atoms with Crippen molar-refractivity contribution in [2.24, 2.45) is 35.5 Å². The van der Waals surface area contributed by atoms with Crippen LogP contribution in [0.5, 0.6) is 0 Å². The van der Waals surface area contributed by atoms with E-state index in [9.17, 15) is 0 Å². The Hall–Kier alpha value is -0.820. The van der Waals surface area contributed by atoms with Crippen LogP contribution >= 0.6 is 0 Å². The van der Waals surface area contributed by atoms with E-state index in [1.807, 2.05) is 0 Å². The van der Waals surface area contributed by atoms with E-state index in [0.717, 1.165) is 54.1 Å². The zero-order valence-corrected chi connectivity index (χ0v) is 19.4. The molecule has 2 saturated carbocycles. The van der Waals surface area contributed by atoms with Crippen molar-refractivity contribution in [1.29, 1.82) is 0 Å². The molecule has 0 radical (unpaired) electrons. The Bertz CT molecular complexity index is 545. The van der Waals surface area contributed by atoms with E-state index in [0.29, 0.717) is 0 Å². The maximum Gasteiger partial charge on any atom is 0.0239 e. The van der Waals surface area contributed by atoms with Gasteiger partial charge in [-0.1, -0.05) is 84.7 Å². The van der Waals surface area contributed by atoms with Crippen LogP contribution < -0.4 is 0 Å². The molecule has 3 rings (SSSR count). The summed E-state index contributed by atoms with van der Waals surface area (Å²) in [6, 6.07) is 12.8. The van der Waals surface area contributed by atoms with Crippen LogP contribution in [0, 0.1) is 35.5 Å². The van der Waals surface area contributed by atoms with Crippen molar-refractivity contribution in [3.8, 4) is 0 Å². The van der Waals surface area contributed by atoms with E-state index < -0.39 is 0 Å². The van der Waals surface area contributed by atoms with Gasteiger partial charge in [0, 0.05) is 18.6 Å². The van der Waals surface area contributed by atoms with E-state index in [4.69, 9.17) is 0 Å². The minimum absolute atomic E-state index is 0.750. The lowest BCUT2D eigenvalue weighted by Crippen LogP contribution is -2.54. The Morgan fingerprint density at radius 1 is 0.750 bits per heavy atom. The SMILES string of the molecule is CC1CCC(C(C)C)C(N(Cc2ccccc2)C2CC(C)CCC2C(C)C)C1. The lowest BCUT2D eigenvalue weighted by molar-refractivity contribution is -0.0282. The minimum Gasteiger partial charge on any atom is -0.293 e. The first-order chi connectivity index (χ1) is 13.4. The molecule has 6 unspecified atom stereocenters. The van der Waals surface area contributed by atoms with Gasteiger partial charge in [-0.05, 0) is 66.8 Å². The standard InChI is InChI=1S/C27H45N/c1-19(2)24-14-12-21(5)16-26(24)28(18-23-10-8-7-9-11-23)27-17-22(6)13-15-25(27)20(3)4/h7-11,19-22,24-27H,12-18H2,1-6H3. The van der Waals surface area contributed by atoms with Crippen molar-refractivity contribution in [3.05, 3.63) is 35.9 Å². The molecule has 1 heteroatoms. The fourth-order valence-electron chi connectivity index (χ4n) is 6.34. The summed E-state index contributed by atoms with van der Waals surface area (Å²) < 4.78 is 0. The smallest absolute Gasteiger partial charge is 0.0239 e. The highest BCUT2D eigenvalue weighted by Gasteiger charge is 2.42. The Morgan fingerprint density at radius 3 is 1.64 bits per heavy atom. The summed E-state index contributed by atoms with van der Waals surface area (Å²) in [7, 11) is 0. The average molecular weight is 384 g/mol. The minimum atomic E-state index is 0.750. The van der Waals surface area contributed by atoms with Gasteiger partial charge in [-0.15, -0.1) is 0 Å². The molecule has 158 valence electrons. The number of rotatable bonds is 6. The van der Waals surface area contributed by atoms with Gasteiger partial charge in [-0.25, -0.2) is 0 Å². The molecule has 6 atom stereocenters. The summed E-state index contributed by atoms with van der Waals surface area (Å²) >= 11 is 0. The predicted octanol–water partition coefficient (Wildman–Crippen LogP) is 7.41. The van der Waals surface area contributed by atoms with Crippen molar-refractivity contribution in [2.75, 3.05) is 0 Å². The monoisotopic (exact) mass is 383 g/mol. The number of nitrogens with zero attached hydrogens (tertiary/aromatic N) is 1. The predicted molar refractivity (Wildman–Crippen MR) is 122 cm³/mol. The molecule has 0 N–H and O–H groups in total. The normalized spacial score (nSPS) is 34.3. The molecule has 0 aliphatic heterocycles. The highest BCUT2D eigenvalue weighted by molar-refractivity contribution is 5.15. The fraction of sp³-hybridized carbons (Fsp3) is 0.778. The molecular formula is C27H45N. The molecule has 2 aliphatic carbocycles. The van der Waals surface area contributed by atoms with Crippen molar-refractivity contribution in [1.82, 2.24) is 4.90 Å². The molecule has 1 aromatic rings. The van der Waals surface area contributed by atoms with E-state index in [1.165, 1.54) is 44.1 Å². The Kier molecular flexibility index (Phi) is 7.65. The van der Waals surface area contributed by atoms with Crippen LogP contribution in [0.4, 0.5) is 0 Å². The third-order valence-electron chi connectivity index (χ3n) is 8.03. The third kappa shape index (κ3) is 5.21. The lowest BCUT2D eigenvalue weighted by Gasteiger charge is -2.52. The van der Waals surface area contributed by atoms with E-state index in [-0.39, 0.29) is 0 Å². The largest absolute Gasteiger partial charge is 0.293 e. The van der Waals surface area contributed by atoms with Gasteiger partial charge >= 0.3 is 0 Å². The molecule has 0 aromatic heterocycles. The van der Waals surface area contributed by atoms with Crippen molar-refractivity contribution >= 4 is 0 Å². The third-order valence-corrected chi connectivity index (χ3v) is 8.03. The number of benzene rings is 1. The van der Waals surface area contributed by atoms with Crippen LogP contribution in [-0.4, -0.2) is 17.0 Å². The van der Waals surface area contributed by atoms with Gasteiger partial charge in [0.25, 0.3) is 0 Å². The second-order valence-corrected chi connectivity index (χ2v) is 10.9.